The molecule has 2 amide bonds. The summed E-state index contributed by atoms with van der Waals surface area (Å²) in [6.07, 6.45) is 3.22. The van der Waals surface area contributed by atoms with Crippen molar-refractivity contribution >= 4 is 39.5 Å². The zero-order valence-electron chi connectivity index (χ0n) is 20.0. The van der Waals surface area contributed by atoms with Crippen LogP contribution in [0.3, 0.4) is 0 Å². The molecule has 0 spiro atoms. The molecule has 1 aliphatic heterocycles. The fourth-order valence-corrected chi connectivity index (χ4v) is 4.53. The topological polar surface area (TPSA) is 49.4 Å². The summed E-state index contributed by atoms with van der Waals surface area (Å²) in [6, 6.07) is 29.4. The summed E-state index contributed by atoms with van der Waals surface area (Å²) in [7, 11) is 0. The smallest absolute Gasteiger partial charge is 0.282 e. The fourth-order valence-electron chi connectivity index (χ4n) is 4.53. The van der Waals surface area contributed by atoms with Crippen molar-refractivity contribution in [2.75, 3.05) is 10.2 Å². The molecule has 4 aromatic rings. The number of rotatable bonds is 7. The summed E-state index contributed by atoms with van der Waals surface area (Å²) >= 11 is 0. The molecule has 0 saturated heterocycles. The molecule has 0 saturated carbocycles. The van der Waals surface area contributed by atoms with E-state index in [4.69, 9.17) is 0 Å². The van der Waals surface area contributed by atoms with Gasteiger partial charge in [0.05, 0.1) is 11.3 Å². The summed E-state index contributed by atoms with van der Waals surface area (Å²) in [5.74, 6) is -0.664. The van der Waals surface area contributed by atoms with Crippen molar-refractivity contribution in [1.82, 2.24) is 0 Å². The average Bonchev–Trinajstić information content (AvgIpc) is 3.13. The van der Waals surface area contributed by atoms with Gasteiger partial charge in [0, 0.05) is 11.1 Å². The van der Waals surface area contributed by atoms with Crippen molar-refractivity contribution in [1.29, 1.82) is 0 Å². The summed E-state index contributed by atoms with van der Waals surface area (Å²) in [4.78, 5) is 28.8. The van der Waals surface area contributed by atoms with Gasteiger partial charge in [0.1, 0.15) is 5.70 Å². The molecule has 1 aliphatic rings. The Hall–Kier alpha value is -4.18. The summed E-state index contributed by atoms with van der Waals surface area (Å²) < 4.78 is 0. The lowest BCUT2D eigenvalue weighted by Crippen LogP contribution is -2.32. The minimum absolute atomic E-state index is 0.297. The fraction of sp³-hybridized carbons (Fsp3) is 0.161. The number of amides is 2. The van der Waals surface area contributed by atoms with Crippen LogP contribution in [0, 0.1) is 6.92 Å². The highest BCUT2D eigenvalue weighted by Crippen LogP contribution is 2.35. The molecule has 4 aromatic carbocycles. The van der Waals surface area contributed by atoms with Crippen molar-refractivity contribution in [2.24, 2.45) is 0 Å². The van der Waals surface area contributed by atoms with E-state index >= 15 is 0 Å². The quantitative estimate of drug-likeness (QED) is 0.306. The number of carbonyl (C=O) groups excluding carboxylic acids is 2. The SMILES string of the molecule is CCCCc1ccc(N2C(=O)C(Nc3cccc4ccccc34)=C(c3ccc(C)cc3)C2=O)cc1. The summed E-state index contributed by atoms with van der Waals surface area (Å²) in [5.41, 5.74) is 5.08. The van der Waals surface area contributed by atoms with Gasteiger partial charge in [-0.2, -0.15) is 0 Å². The van der Waals surface area contributed by atoms with Crippen molar-refractivity contribution in [3.63, 3.8) is 0 Å². The minimum Gasteiger partial charge on any atom is -0.350 e. The van der Waals surface area contributed by atoms with Gasteiger partial charge < -0.3 is 5.32 Å². The lowest BCUT2D eigenvalue weighted by atomic mass is 10.0. The number of imide groups is 1. The first-order chi connectivity index (χ1) is 17.1. The zero-order chi connectivity index (χ0) is 24.4. The molecule has 0 radical (unpaired) electrons. The highest BCUT2D eigenvalue weighted by atomic mass is 16.2. The molecule has 5 rings (SSSR count). The Balaban J connectivity index is 1.57. The van der Waals surface area contributed by atoms with Crippen LogP contribution in [-0.2, 0) is 16.0 Å². The second-order valence-corrected chi connectivity index (χ2v) is 8.98. The van der Waals surface area contributed by atoms with E-state index in [1.807, 2.05) is 97.9 Å². The average molecular weight is 461 g/mol. The van der Waals surface area contributed by atoms with E-state index in [1.165, 1.54) is 10.5 Å². The van der Waals surface area contributed by atoms with E-state index in [2.05, 4.69) is 12.2 Å². The van der Waals surface area contributed by atoms with Gasteiger partial charge in [0.15, 0.2) is 0 Å². The predicted molar refractivity (Wildman–Crippen MR) is 143 cm³/mol. The third kappa shape index (κ3) is 4.35. The molecule has 1 N–H and O–H groups in total. The lowest BCUT2D eigenvalue weighted by molar-refractivity contribution is -0.120. The van der Waals surface area contributed by atoms with Gasteiger partial charge in [-0.1, -0.05) is 91.7 Å². The van der Waals surface area contributed by atoms with Gasteiger partial charge >= 0.3 is 0 Å². The number of nitrogens with one attached hydrogen (secondary N) is 1. The van der Waals surface area contributed by atoms with Crippen molar-refractivity contribution < 1.29 is 9.59 Å². The van der Waals surface area contributed by atoms with Gasteiger partial charge in [-0.05, 0) is 54.5 Å². The molecule has 1 heterocycles. The Morgan fingerprint density at radius 3 is 2.23 bits per heavy atom. The normalized spacial score (nSPS) is 13.7. The van der Waals surface area contributed by atoms with E-state index in [0.29, 0.717) is 17.0 Å². The summed E-state index contributed by atoms with van der Waals surface area (Å²) in [5, 5.41) is 5.39. The molecule has 4 heteroatoms. The Kier molecular flexibility index (Phi) is 6.19. The van der Waals surface area contributed by atoms with Crippen LogP contribution < -0.4 is 10.2 Å². The van der Waals surface area contributed by atoms with Crippen LogP contribution >= 0.6 is 0 Å². The van der Waals surface area contributed by atoms with Crippen LogP contribution in [0.15, 0.2) is 96.7 Å². The number of hydrogen-bond acceptors (Lipinski definition) is 3. The predicted octanol–water partition coefficient (Wildman–Crippen LogP) is 6.89. The number of unbranched alkanes of at least 4 members (excludes halogenated alkanes) is 1. The highest BCUT2D eigenvalue weighted by Gasteiger charge is 2.40. The molecule has 0 atom stereocenters. The number of hydrogen-bond donors (Lipinski definition) is 1. The molecule has 0 aromatic heterocycles. The molecule has 0 bridgehead atoms. The second kappa shape index (κ2) is 9.59. The number of aryl methyl sites for hydroxylation is 2. The van der Waals surface area contributed by atoms with Gasteiger partial charge in [0.25, 0.3) is 11.8 Å². The largest absolute Gasteiger partial charge is 0.350 e. The number of carbonyl (C=O) groups is 2. The number of nitrogens with zero attached hydrogens (tertiary/aromatic N) is 1. The number of benzene rings is 4. The maximum absolute atomic E-state index is 13.7. The molecule has 4 nitrogen and oxygen atoms in total. The van der Waals surface area contributed by atoms with Gasteiger partial charge in [0.2, 0.25) is 0 Å². The van der Waals surface area contributed by atoms with E-state index in [1.54, 1.807) is 0 Å². The maximum Gasteiger partial charge on any atom is 0.282 e. The number of anilines is 2. The van der Waals surface area contributed by atoms with E-state index in [9.17, 15) is 9.59 Å². The van der Waals surface area contributed by atoms with Crippen LogP contribution in [0.2, 0.25) is 0 Å². The highest BCUT2D eigenvalue weighted by molar-refractivity contribution is 6.46. The molecular weight excluding hydrogens is 432 g/mol. The third-order valence-corrected chi connectivity index (χ3v) is 6.49. The first kappa shape index (κ1) is 22.6. The van der Waals surface area contributed by atoms with E-state index < -0.39 is 0 Å². The Labute approximate surface area is 205 Å². The molecule has 0 unspecified atom stereocenters. The van der Waals surface area contributed by atoms with Gasteiger partial charge in [-0.25, -0.2) is 4.90 Å². The minimum atomic E-state index is -0.347. The molecule has 35 heavy (non-hydrogen) atoms. The first-order valence-electron chi connectivity index (χ1n) is 12.1. The summed E-state index contributed by atoms with van der Waals surface area (Å²) in [6.45, 7) is 4.17. The Morgan fingerprint density at radius 2 is 1.49 bits per heavy atom. The Morgan fingerprint density at radius 1 is 0.771 bits per heavy atom. The lowest BCUT2D eigenvalue weighted by Gasteiger charge is -2.16. The first-order valence-corrected chi connectivity index (χ1v) is 12.1. The van der Waals surface area contributed by atoms with E-state index in [0.717, 1.165) is 46.8 Å². The zero-order valence-corrected chi connectivity index (χ0v) is 20.0. The van der Waals surface area contributed by atoms with Crippen molar-refractivity contribution in [2.45, 2.75) is 33.1 Å². The van der Waals surface area contributed by atoms with Crippen LogP contribution in [0.5, 0.6) is 0 Å². The molecular formula is C31H28N2O2. The van der Waals surface area contributed by atoms with Crippen LogP contribution in [0.25, 0.3) is 16.3 Å². The molecule has 0 fully saturated rings. The number of fused-ring (bicyclic) bond motifs is 1. The van der Waals surface area contributed by atoms with Crippen molar-refractivity contribution in [3.8, 4) is 0 Å². The third-order valence-electron chi connectivity index (χ3n) is 6.49. The second-order valence-electron chi connectivity index (χ2n) is 8.98. The van der Waals surface area contributed by atoms with Crippen molar-refractivity contribution in [3.05, 3.63) is 113 Å². The molecule has 0 aliphatic carbocycles. The maximum atomic E-state index is 13.7. The molecule has 174 valence electrons. The van der Waals surface area contributed by atoms with Crippen LogP contribution in [0.4, 0.5) is 11.4 Å². The van der Waals surface area contributed by atoms with Crippen LogP contribution in [0.1, 0.15) is 36.5 Å². The standard InChI is InChI=1S/C31H28N2O2/c1-3-4-8-22-15-19-25(20-16-22)33-30(34)28(24-17-13-21(2)14-18-24)29(31(33)35)32-27-12-7-10-23-9-5-6-11-26(23)27/h5-7,9-20,32H,3-4,8H2,1-2H3. The monoisotopic (exact) mass is 460 g/mol. The van der Waals surface area contributed by atoms with E-state index in [-0.39, 0.29) is 11.8 Å². The van der Waals surface area contributed by atoms with Gasteiger partial charge in [-0.15, -0.1) is 0 Å². The Bertz CT molecular complexity index is 1430. The van der Waals surface area contributed by atoms with Gasteiger partial charge in [-0.3, -0.25) is 9.59 Å². The van der Waals surface area contributed by atoms with Crippen LogP contribution in [-0.4, -0.2) is 11.8 Å².